The summed E-state index contributed by atoms with van der Waals surface area (Å²) >= 11 is 0. The average molecular weight is 462 g/mol. The van der Waals surface area contributed by atoms with E-state index in [1.807, 2.05) is 0 Å². The van der Waals surface area contributed by atoms with Crippen LogP contribution < -0.4 is 5.32 Å². The number of carbonyl (C=O) groups is 1. The highest BCUT2D eigenvalue weighted by molar-refractivity contribution is 7.85. The normalized spacial score (nSPS) is 14.1. The monoisotopic (exact) mass is 461 g/mol. The van der Waals surface area contributed by atoms with Crippen LogP contribution in [-0.2, 0) is 14.9 Å². The highest BCUT2D eigenvalue weighted by Gasteiger charge is 2.24. The van der Waals surface area contributed by atoms with Gasteiger partial charge in [-0.05, 0) is 19.3 Å². The number of aliphatic hydroxyl groups excluding tert-OH is 1. The van der Waals surface area contributed by atoms with E-state index in [1.54, 1.807) is 6.08 Å². The predicted molar refractivity (Wildman–Crippen MR) is 129 cm³/mol. The third kappa shape index (κ3) is 20.7. The Bertz CT molecular complexity index is 562. The number of hydrogen-bond donors (Lipinski definition) is 3. The third-order valence-electron chi connectivity index (χ3n) is 5.46. The maximum atomic E-state index is 12.2. The van der Waals surface area contributed by atoms with Crippen molar-refractivity contribution in [2.24, 2.45) is 0 Å². The largest absolute Gasteiger partial charge is 0.387 e. The zero-order valence-corrected chi connectivity index (χ0v) is 20.7. The fourth-order valence-electron chi connectivity index (χ4n) is 3.56. The van der Waals surface area contributed by atoms with Crippen LogP contribution in [0.4, 0.5) is 0 Å². The fourth-order valence-corrected chi connectivity index (χ4v) is 4.30. The number of carbonyl (C=O) groups excluding carboxylic acids is 1. The lowest BCUT2D eigenvalue weighted by atomic mass is 10.0. The Kier molecular flexibility index (Phi) is 19.2. The second-order valence-corrected chi connectivity index (χ2v) is 10.1. The van der Waals surface area contributed by atoms with Gasteiger partial charge < -0.3 is 10.4 Å². The Morgan fingerprint density at radius 2 is 1.32 bits per heavy atom. The molecule has 31 heavy (non-hydrogen) atoms. The quantitative estimate of drug-likeness (QED) is 0.118. The van der Waals surface area contributed by atoms with E-state index in [2.05, 4.69) is 19.2 Å². The van der Waals surface area contributed by atoms with Crippen molar-refractivity contribution < 1.29 is 22.9 Å². The number of aliphatic hydroxyl groups is 1. The van der Waals surface area contributed by atoms with Gasteiger partial charge in [0, 0.05) is 6.42 Å². The van der Waals surface area contributed by atoms with E-state index in [0.717, 1.165) is 44.9 Å². The summed E-state index contributed by atoms with van der Waals surface area (Å²) in [5.74, 6) is -0.986. The Labute approximate surface area is 191 Å². The first kappa shape index (κ1) is 30.1. The molecule has 0 aromatic carbocycles. The van der Waals surface area contributed by atoms with Crippen molar-refractivity contribution in [1.82, 2.24) is 5.32 Å². The fraction of sp³-hybridized carbons (Fsp3) is 0.875. The van der Waals surface area contributed by atoms with E-state index in [-0.39, 0.29) is 5.91 Å². The van der Waals surface area contributed by atoms with E-state index < -0.39 is 28.0 Å². The van der Waals surface area contributed by atoms with Gasteiger partial charge in [-0.3, -0.25) is 9.35 Å². The van der Waals surface area contributed by atoms with Crippen LogP contribution >= 0.6 is 0 Å². The summed E-state index contributed by atoms with van der Waals surface area (Å²) in [5, 5.41) is 12.8. The predicted octanol–water partition coefficient (Wildman–Crippen LogP) is 5.56. The molecular formula is C24H47NO5S. The molecule has 3 N–H and O–H groups in total. The lowest BCUT2D eigenvalue weighted by Gasteiger charge is -2.21. The molecule has 184 valence electrons. The van der Waals surface area contributed by atoms with Crippen molar-refractivity contribution in [3.05, 3.63) is 12.2 Å². The van der Waals surface area contributed by atoms with Crippen LogP contribution in [0.3, 0.4) is 0 Å². The van der Waals surface area contributed by atoms with Crippen molar-refractivity contribution >= 4 is 16.0 Å². The molecule has 2 atom stereocenters. The topological polar surface area (TPSA) is 104 Å². The first-order chi connectivity index (χ1) is 14.8. The van der Waals surface area contributed by atoms with Crippen LogP contribution in [0.2, 0.25) is 0 Å². The molecule has 1 amide bonds. The van der Waals surface area contributed by atoms with Gasteiger partial charge in [-0.15, -0.1) is 0 Å². The molecular weight excluding hydrogens is 414 g/mol. The van der Waals surface area contributed by atoms with Gasteiger partial charge in [-0.25, -0.2) is 0 Å². The van der Waals surface area contributed by atoms with Gasteiger partial charge in [0.15, 0.2) is 0 Å². The van der Waals surface area contributed by atoms with Crippen molar-refractivity contribution in [3.63, 3.8) is 0 Å². The lowest BCUT2D eigenvalue weighted by molar-refractivity contribution is -0.122. The van der Waals surface area contributed by atoms with Gasteiger partial charge in [0.25, 0.3) is 10.1 Å². The van der Waals surface area contributed by atoms with Crippen molar-refractivity contribution in [1.29, 1.82) is 0 Å². The zero-order chi connectivity index (χ0) is 23.4. The average Bonchev–Trinajstić information content (AvgIpc) is 2.70. The molecule has 0 aliphatic rings. The number of rotatable bonds is 21. The molecule has 0 radical (unpaired) electrons. The summed E-state index contributed by atoms with van der Waals surface area (Å²) in [6.07, 6.45) is 19.5. The van der Waals surface area contributed by atoms with E-state index in [0.29, 0.717) is 6.42 Å². The number of nitrogens with one attached hydrogen (secondary N) is 1. The minimum absolute atomic E-state index is 0.289. The lowest BCUT2D eigenvalue weighted by Crippen LogP contribution is -2.46. The van der Waals surface area contributed by atoms with Crippen LogP contribution in [0.1, 0.15) is 117 Å². The Morgan fingerprint density at radius 1 is 0.839 bits per heavy atom. The van der Waals surface area contributed by atoms with Crippen molar-refractivity contribution in [2.75, 3.05) is 5.75 Å². The third-order valence-corrected chi connectivity index (χ3v) is 6.24. The molecule has 0 aliphatic carbocycles. The highest BCUT2D eigenvalue weighted by atomic mass is 32.2. The van der Waals surface area contributed by atoms with Crippen LogP contribution in [0.15, 0.2) is 12.2 Å². The molecule has 0 aromatic rings. The minimum Gasteiger partial charge on any atom is -0.387 e. The van der Waals surface area contributed by atoms with E-state index in [1.165, 1.54) is 57.4 Å². The van der Waals surface area contributed by atoms with Crippen LogP contribution in [0.5, 0.6) is 0 Å². The van der Waals surface area contributed by atoms with Gasteiger partial charge in [0.05, 0.1) is 17.9 Å². The summed E-state index contributed by atoms with van der Waals surface area (Å²) < 4.78 is 31.7. The summed E-state index contributed by atoms with van der Waals surface area (Å²) in [5.41, 5.74) is 0. The molecule has 0 fully saturated rings. The van der Waals surface area contributed by atoms with E-state index in [9.17, 15) is 18.3 Å². The number of hydrogen-bond acceptors (Lipinski definition) is 4. The smallest absolute Gasteiger partial charge is 0.267 e. The van der Waals surface area contributed by atoms with Gasteiger partial charge in [0.2, 0.25) is 5.91 Å². The second kappa shape index (κ2) is 19.7. The summed E-state index contributed by atoms with van der Waals surface area (Å²) in [6, 6.07) is -1.04. The maximum absolute atomic E-state index is 12.2. The van der Waals surface area contributed by atoms with Crippen LogP contribution in [-0.4, -0.2) is 41.9 Å². The molecule has 0 saturated heterocycles. The molecule has 0 spiro atoms. The standard InChI is InChI=1S/C24H47NO5S/c1-3-5-7-9-10-11-12-13-14-16-18-20-24(27)25-22(21-31(28,29)30)23(26)19-17-15-8-6-4-2/h17,19,22-23,26H,3-16,18,20-21H2,1-2H3,(H,25,27)(H,28,29,30)/b19-17+. The van der Waals surface area contributed by atoms with Gasteiger partial charge in [0.1, 0.15) is 0 Å². The zero-order valence-electron chi connectivity index (χ0n) is 19.9. The highest BCUT2D eigenvalue weighted by Crippen LogP contribution is 2.12. The molecule has 6 nitrogen and oxygen atoms in total. The SMILES string of the molecule is CCCCC/C=C/C(O)C(CS(=O)(=O)O)NC(=O)CCCCCCCCCCCCC. The molecule has 0 bridgehead atoms. The van der Waals surface area contributed by atoms with E-state index in [4.69, 9.17) is 4.55 Å². The molecule has 2 unspecified atom stereocenters. The second-order valence-electron chi connectivity index (χ2n) is 8.62. The van der Waals surface area contributed by atoms with Crippen LogP contribution in [0.25, 0.3) is 0 Å². The molecule has 7 heteroatoms. The summed E-state index contributed by atoms with van der Waals surface area (Å²) in [4.78, 5) is 12.2. The first-order valence-electron chi connectivity index (χ1n) is 12.4. The molecule has 0 heterocycles. The Balaban J connectivity index is 4.11. The van der Waals surface area contributed by atoms with E-state index >= 15 is 0 Å². The molecule has 0 aromatic heterocycles. The number of allylic oxidation sites excluding steroid dienone is 1. The van der Waals surface area contributed by atoms with Gasteiger partial charge >= 0.3 is 0 Å². The molecule has 0 aliphatic heterocycles. The molecule has 0 rings (SSSR count). The first-order valence-corrected chi connectivity index (χ1v) is 14.0. The van der Waals surface area contributed by atoms with Crippen LogP contribution in [0, 0.1) is 0 Å². The van der Waals surface area contributed by atoms with Gasteiger partial charge in [-0.1, -0.05) is 103 Å². The number of amides is 1. The minimum atomic E-state index is -4.31. The Hall–Kier alpha value is -0.920. The molecule has 0 saturated carbocycles. The summed E-state index contributed by atoms with van der Waals surface area (Å²) in [7, 11) is -4.31. The van der Waals surface area contributed by atoms with Crippen molar-refractivity contribution in [3.8, 4) is 0 Å². The number of unbranched alkanes of at least 4 members (excludes halogenated alkanes) is 13. The Morgan fingerprint density at radius 3 is 1.84 bits per heavy atom. The van der Waals surface area contributed by atoms with Gasteiger partial charge in [-0.2, -0.15) is 8.42 Å². The maximum Gasteiger partial charge on any atom is 0.267 e. The van der Waals surface area contributed by atoms with Crippen molar-refractivity contribution in [2.45, 2.75) is 129 Å². The summed E-state index contributed by atoms with van der Waals surface area (Å²) in [6.45, 7) is 4.33.